The molecule has 0 aromatic carbocycles. The number of nitrogens with two attached hydrogens (primary N) is 1. The lowest BCUT2D eigenvalue weighted by Crippen LogP contribution is -2.01. The number of hydrogen-bond acceptors (Lipinski definition) is 3. The molecule has 1 atom stereocenters. The second kappa shape index (κ2) is 3.48. The molecule has 0 aliphatic heterocycles. The molecule has 3 nitrogen and oxygen atoms in total. The first-order valence-corrected chi connectivity index (χ1v) is 4.66. The Kier molecular flexibility index (Phi) is 2.59. The quantitative estimate of drug-likeness (QED) is 0.714. The van der Waals surface area contributed by atoms with Crippen molar-refractivity contribution in [1.29, 1.82) is 0 Å². The van der Waals surface area contributed by atoms with Crippen LogP contribution in [0, 0.1) is 0 Å². The van der Waals surface area contributed by atoms with E-state index in [4.69, 9.17) is 5.73 Å². The van der Waals surface area contributed by atoms with Crippen molar-refractivity contribution in [3.8, 4) is 0 Å². The third-order valence-electron chi connectivity index (χ3n) is 1.28. The van der Waals surface area contributed by atoms with Crippen molar-refractivity contribution in [2.45, 2.75) is 11.9 Å². The van der Waals surface area contributed by atoms with Crippen LogP contribution < -0.4 is 5.73 Å². The van der Waals surface area contributed by atoms with E-state index in [1.807, 2.05) is 6.92 Å². The number of anilines is 1. The van der Waals surface area contributed by atoms with Crippen molar-refractivity contribution < 1.29 is 4.21 Å². The van der Waals surface area contributed by atoms with E-state index in [1.165, 1.54) is 0 Å². The predicted molar refractivity (Wildman–Crippen MR) is 45.6 cm³/mol. The fourth-order valence-corrected chi connectivity index (χ4v) is 1.51. The largest absolute Gasteiger partial charge is 0.396 e. The van der Waals surface area contributed by atoms with E-state index in [-0.39, 0.29) is 0 Å². The molecule has 0 radical (unpaired) electrons. The van der Waals surface area contributed by atoms with Crippen molar-refractivity contribution in [2.24, 2.45) is 0 Å². The summed E-state index contributed by atoms with van der Waals surface area (Å²) in [6.07, 6.45) is 1.60. The molecule has 0 bridgehead atoms. The molecular weight excluding hydrogens is 160 g/mol. The van der Waals surface area contributed by atoms with Crippen LogP contribution in [0.3, 0.4) is 0 Å². The third-order valence-corrected chi connectivity index (χ3v) is 2.58. The molecule has 0 fully saturated rings. The normalized spacial score (nSPS) is 12.8. The van der Waals surface area contributed by atoms with Gasteiger partial charge in [-0.2, -0.15) is 0 Å². The van der Waals surface area contributed by atoms with Crippen LogP contribution in [0.5, 0.6) is 0 Å². The number of aromatic nitrogens is 1. The molecule has 1 aromatic rings. The van der Waals surface area contributed by atoms with Gasteiger partial charge in [-0.3, -0.25) is 4.21 Å². The fraction of sp³-hybridized carbons (Fsp3) is 0.286. The highest BCUT2D eigenvalue weighted by atomic mass is 32.2. The van der Waals surface area contributed by atoms with E-state index in [1.54, 1.807) is 18.3 Å². The van der Waals surface area contributed by atoms with Gasteiger partial charge in [-0.25, -0.2) is 4.98 Å². The van der Waals surface area contributed by atoms with Crippen LogP contribution in [-0.2, 0) is 10.8 Å². The van der Waals surface area contributed by atoms with E-state index >= 15 is 0 Å². The Hall–Kier alpha value is -0.900. The molecular formula is C7H10N2OS. The Labute approximate surface area is 68.1 Å². The molecule has 2 N–H and O–H groups in total. The van der Waals surface area contributed by atoms with Gasteiger partial charge in [-0.05, 0) is 12.1 Å². The Balaban J connectivity index is 3.03. The lowest BCUT2D eigenvalue weighted by molar-refractivity contribution is 0.681. The molecule has 0 amide bonds. The van der Waals surface area contributed by atoms with Gasteiger partial charge in [0.1, 0.15) is 5.03 Å². The summed E-state index contributed by atoms with van der Waals surface area (Å²) in [7, 11) is -1.04. The van der Waals surface area contributed by atoms with Gasteiger partial charge in [0.15, 0.2) is 0 Å². The van der Waals surface area contributed by atoms with E-state index in [2.05, 4.69) is 4.98 Å². The topological polar surface area (TPSA) is 56.0 Å². The second-order valence-corrected chi connectivity index (χ2v) is 3.69. The molecule has 1 aromatic heterocycles. The third kappa shape index (κ3) is 1.77. The van der Waals surface area contributed by atoms with Gasteiger partial charge in [-0.15, -0.1) is 0 Å². The smallest absolute Gasteiger partial charge is 0.150 e. The van der Waals surface area contributed by atoms with Crippen LogP contribution in [-0.4, -0.2) is 14.9 Å². The summed E-state index contributed by atoms with van der Waals surface area (Å²) in [5, 5.41) is 0.495. The van der Waals surface area contributed by atoms with Crippen molar-refractivity contribution >= 4 is 16.5 Å². The van der Waals surface area contributed by atoms with Crippen LogP contribution in [0.4, 0.5) is 5.69 Å². The summed E-state index contributed by atoms with van der Waals surface area (Å²) in [6, 6.07) is 3.43. The molecule has 0 spiro atoms. The van der Waals surface area contributed by atoms with E-state index in [0.717, 1.165) is 0 Å². The summed E-state index contributed by atoms with van der Waals surface area (Å²) in [4.78, 5) is 3.92. The van der Waals surface area contributed by atoms with Crippen LogP contribution >= 0.6 is 0 Å². The van der Waals surface area contributed by atoms with Gasteiger partial charge in [0.05, 0.1) is 16.5 Å². The highest BCUT2D eigenvalue weighted by molar-refractivity contribution is 7.85. The number of pyridine rings is 1. The molecule has 0 aliphatic carbocycles. The predicted octanol–water partition coefficient (Wildman–Crippen LogP) is 0.791. The standard InChI is InChI=1S/C7H10N2OS/c1-2-11(10)7-6(8)4-3-5-9-7/h3-5H,2,8H2,1H3. The average molecular weight is 170 g/mol. The maximum Gasteiger partial charge on any atom is 0.150 e. The monoisotopic (exact) mass is 170 g/mol. The van der Waals surface area contributed by atoms with Crippen LogP contribution in [0.15, 0.2) is 23.4 Å². The highest BCUT2D eigenvalue weighted by Gasteiger charge is 2.04. The zero-order valence-electron chi connectivity index (χ0n) is 6.28. The van der Waals surface area contributed by atoms with Crippen LogP contribution in [0.1, 0.15) is 6.92 Å². The summed E-state index contributed by atoms with van der Waals surface area (Å²) in [6.45, 7) is 1.84. The van der Waals surface area contributed by atoms with E-state index in [9.17, 15) is 4.21 Å². The first kappa shape index (κ1) is 8.20. The van der Waals surface area contributed by atoms with Crippen LogP contribution in [0.2, 0.25) is 0 Å². The van der Waals surface area contributed by atoms with Crippen LogP contribution in [0.25, 0.3) is 0 Å². The molecule has 11 heavy (non-hydrogen) atoms. The van der Waals surface area contributed by atoms with Gasteiger partial charge in [0.25, 0.3) is 0 Å². The van der Waals surface area contributed by atoms with Crippen molar-refractivity contribution in [1.82, 2.24) is 4.98 Å². The number of nitrogen functional groups attached to an aromatic ring is 1. The van der Waals surface area contributed by atoms with E-state index < -0.39 is 10.8 Å². The Bertz CT molecular complexity index is 275. The van der Waals surface area contributed by atoms with E-state index in [0.29, 0.717) is 16.5 Å². The van der Waals surface area contributed by atoms with Crippen molar-refractivity contribution in [3.63, 3.8) is 0 Å². The Morgan fingerprint density at radius 3 is 3.00 bits per heavy atom. The lowest BCUT2D eigenvalue weighted by atomic mass is 10.4. The maximum atomic E-state index is 11.2. The minimum absolute atomic E-state index is 0.495. The zero-order valence-corrected chi connectivity index (χ0v) is 7.10. The summed E-state index contributed by atoms with van der Waals surface area (Å²) in [5.74, 6) is 0.557. The lowest BCUT2D eigenvalue weighted by Gasteiger charge is -1.99. The SMILES string of the molecule is CCS(=O)c1ncccc1N. The molecule has 1 rings (SSSR count). The molecule has 0 aliphatic rings. The number of nitrogens with zero attached hydrogens (tertiary/aromatic N) is 1. The fourth-order valence-electron chi connectivity index (χ4n) is 0.730. The first-order valence-electron chi connectivity index (χ1n) is 3.34. The zero-order chi connectivity index (χ0) is 8.27. The number of rotatable bonds is 2. The number of hydrogen-bond donors (Lipinski definition) is 1. The van der Waals surface area contributed by atoms with Gasteiger partial charge >= 0.3 is 0 Å². The van der Waals surface area contributed by atoms with Gasteiger partial charge in [-0.1, -0.05) is 6.92 Å². The molecule has 1 heterocycles. The van der Waals surface area contributed by atoms with Gasteiger partial charge in [0, 0.05) is 11.9 Å². The Morgan fingerprint density at radius 2 is 2.45 bits per heavy atom. The molecule has 0 saturated heterocycles. The first-order chi connectivity index (χ1) is 5.25. The molecule has 4 heteroatoms. The van der Waals surface area contributed by atoms with Gasteiger partial charge in [0.2, 0.25) is 0 Å². The van der Waals surface area contributed by atoms with Crippen molar-refractivity contribution in [3.05, 3.63) is 18.3 Å². The summed E-state index contributed by atoms with van der Waals surface area (Å²) < 4.78 is 11.2. The van der Waals surface area contributed by atoms with Gasteiger partial charge < -0.3 is 5.73 Å². The minimum Gasteiger partial charge on any atom is -0.396 e. The minimum atomic E-state index is -1.04. The summed E-state index contributed by atoms with van der Waals surface area (Å²) >= 11 is 0. The Morgan fingerprint density at radius 1 is 1.73 bits per heavy atom. The highest BCUT2D eigenvalue weighted by Crippen LogP contribution is 2.11. The summed E-state index contributed by atoms with van der Waals surface area (Å²) in [5.41, 5.74) is 6.05. The molecule has 1 unspecified atom stereocenters. The maximum absolute atomic E-state index is 11.2. The second-order valence-electron chi connectivity index (χ2n) is 2.03. The average Bonchev–Trinajstić information content (AvgIpc) is 2.04. The van der Waals surface area contributed by atoms with Crippen molar-refractivity contribution in [2.75, 3.05) is 11.5 Å². The molecule has 0 saturated carbocycles. The molecule has 60 valence electrons.